The second-order valence-corrected chi connectivity index (χ2v) is 5.76. The highest BCUT2D eigenvalue weighted by Crippen LogP contribution is 1.97. The van der Waals surface area contributed by atoms with Crippen LogP contribution in [-0.2, 0) is 19.2 Å². The zero-order chi connectivity index (χ0) is 25.0. The van der Waals surface area contributed by atoms with E-state index in [0.717, 1.165) is 52.4 Å². The summed E-state index contributed by atoms with van der Waals surface area (Å²) in [6.07, 6.45) is 5.60. The number of aliphatic hydroxyl groups is 3. The molecule has 0 saturated carbocycles. The van der Waals surface area contributed by atoms with Gasteiger partial charge in [0.1, 0.15) is 6.10 Å². The minimum absolute atomic E-state index is 0.327. The molecule has 0 spiro atoms. The first-order valence-electron chi connectivity index (χ1n) is 9.54. The van der Waals surface area contributed by atoms with Crippen molar-refractivity contribution < 1.29 is 54.9 Å². The lowest BCUT2D eigenvalue weighted by Gasteiger charge is -1.96. The zero-order valence-corrected chi connectivity index (χ0v) is 18.4. The molecule has 0 aromatic carbocycles. The van der Waals surface area contributed by atoms with Crippen molar-refractivity contribution in [1.82, 2.24) is 0 Å². The number of unbranched alkanes of at least 4 members (excludes halogenated alkanes) is 4. The monoisotopic (exact) mass is 444 g/mol. The molecule has 0 bridgehead atoms. The van der Waals surface area contributed by atoms with Crippen molar-refractivity contribution in [2.75, 3.05) is 13.2 Å². The maximum atomic E-state index is 9.87. The first-order valence-corrected chi connectivity index (χ1v) is 9.54. The van der Waals surface area contributed by atoms with Gasteiger partial charge in [-0.25, -0.2) is 0 Å². The van der Waals surface area contributed by atoms with Gasteiger partial charge < -0.3 is 35.7 Å². The Labute approximate surface area is 178 Å². The molecule has 0 aromatic heterocycles. The topological polar surface area (TPSA) is 210 Å². The minimum atomic E-state index is -0.954. The summed E-state index contributed by atoms with van der Waals surface area (Å²) in [4.78, 5) is 37.7. The van der Waals surface area contributed by atoms with Crippen molar-refractivity contribution in [2.24, 2.45) is 0 Å². The summed E-state index contributed by atoms with van der Waals surface area (Å²) in [7, 11) is 0. The van der Waals surface area contributed by atoms with Crippen molar-refractivity contribution in [3.05, 3.63) is 0 Å². The molecule has 0 heterocycles. The Kier molecular flexibility index (Phi) is 43.8. The van der Waals surface area contributed by atoms with E-state index in [1.165, 1.54) is 0 Å². The second kappa shape index (κ2) is 34.3. The van der Waals surface area contributed by atoms with Crippen LogP contribution in [0.2, 0.25) is 0 Å². The van der Waals surface area contributed by atoms with E-state index in [1.807, 2.05) is 0 Å². The van der Waals surface area contributed by atoms with E-state index in [4.69, 9.17) is 45.3 Å². The average Bonchev–Trinajstić information content (AvgIpc) is 2.61. The van der Waals surface area contributed by atoms with Crippen molar-refractivity contribution in [3.63, 3.8) is 0 Å². The summed E-state index contributed by atoms with van der Waals surface area (Å²) < 4.78 is 0. The Bertz CT molecular complexity index is 354. The van der Waals surface area contributed by atoms with E-state index in [-0.39, 0.29) is 13.2 Å². The molecule has 0 amide bonds. The standard InChI is InChI=1S/2C6H12O2.C3H8O3.2C2H4O2/c2*1-2-3-4-5-6(7)8;4-1-3(6)2-5;2*1-2(3)4/h2*2-5H2,1H3,(H,7,8);3-6H,1-2H2;2*1H3,(H,3,4). The van der Waals surface area contributed by atoms with Gasteiger partial charge in [-0.2, -0.15) is 0 Å². The highest BCUT2D eigenvalue weighted by atomic mass is 16.4. The van der Waals surface area contributed by atoms with E-state index >= 15 is 0 Å². The molecule has 11 heteroatoms. The molecule has 7 N–H and O–H groups in total. The van der Waals surface area contributed by atoms with Gasteiger partial charge in [0.2, 0.25) is 0 Å². The predicted octanol–water partition coefficient (Wildman–Crippen LogP) is 1.82. The summed E-state index contributed by atoms with van der Waals surface area (Å²) in [5, 5.41) is 55.1. The SMILES string of the molecule is CC(=O)O.CC(=O)O.CCCCCC(=O)O.CCCCCC(=O)O.OCC(O)CO. The average molecular weight is 445 g/mol. The molecule has 0 fully saturated rings. The Morgan fingerprint density at radius 2 is 0.867 bits per heavy atom. The molecule has 0 aliphatic carbocycles. The fourth-order valence-electron chi connectivity index (χ4n) is 1.11. The zero-order valence-electron chi connectivity index (χ0n) is 18.4. The third-order valence-electron chi connectivity index (χ3n) is 2.41. The number of carboxylic acids is 4. The van der Waals surface area contributed by atoms with Crippen LogP contribution in [0.4, 0.5) is 0 Å². The van der Waals surface area contributed by atoms with E-state index in [1.54, 1.807) is 0 Å². The molecule has 0 aromatic rings. The molecule has 30 heavy (non-hydrogen) atoms. The van der Waals surface area contributed by atoms with Crippen LogP contribution < -0.4 is 0 Å². The molecular formula is C19H40O11. The summed E-state index contributed by atoms with van der Waals surface area (Å²) >= 11 is 0. The number of aliphatic carboxylic acids is 4. The molecule has 0 saturated heterocycles. The number of hydrogen-bond acceptors (Lipinski definition) is 7. The van der Waals surface area contributed by atoms with Crippen LogP contribution in [0.25, 0.3) is 0 Å². The lowest BCUT2D eigenvalue weighted by Crippen LogP contribution is -2.15. The molecule has 0 aliphatic heterocycles. The maximum Gasteiger partial charge on any atom is 0.303 e. The number of hydrogen-bond donors (Lipinski definition) is 7. The molecule has 0 rings (SSSR count). The quantitative estimate of drug-likeness (QED) is 0.241. The highest BCUT2D eigenvalue weighted by molar-refractivity contribution is 5.66. The minimum Gasteiger partial charge on any atom is -0.481 e. The highest BCUT2D eigenvalue weighted by Gasteiger charge is 1.94. The van der Waals surface area contributed by atoms with Crippen molar-refractivity contribution in [3.8, 4) is 0 Å². The van der Waals surface area contributed by atoms with Gasteiger partial charge in [-0.05, 0) is 12.8 Å². The van der Waals surface area contributed by atoms with Gasteiger partial charge >= 0.3 is 11.9 Å². The van der Waals surface area contributed by atoms with Gasteiger partial charge in [-0.1, -0.05) is 39.5 Å². The van der Waals surface area contributed by atoms with E-state index < -0.39 is 30.0 Å². The molecule has 0 aliphatic rings. The number of carbonyl (C=O) groups is 4. The first-order chi connectivity index (χ1) is 13.8. The summed E-state index contributed by atoms with van der Waals surface area (Å²) in [6.45, 7) is 5.55. The van der Waals surface area contributed by atoms with Crippen LogP contribution in [0.1, 0.15) is 79.1 Å². The van der Waals surface area contributed by atoms with Crippen molar-refractivity contribution in [1.29, 1.82) is 0 Å². The third-order valence-corrected chi connectivity index (χ3v) is 2.41. The lowest BCUT2D eigenvalue weighted by atomic mass is 10.2. The van der Waals surface area contributed by atoms with Crippen LogP contribution in [0.5, 0.6) is 0 Å². The summed E-state index contributed by atoms with van der Waals surface area (Å²) in [6, 6.07) is 0. The van der Waals surface area contributed by atoms with Gasteiger partial charge in [0, 0.05) is 26.7 Å². The van der Waals surface area contributed by atoms with Gasteiger partial charge in [-0.3, -0.25) is 19.2 Å². The van der Waals surface area contributed by atoms with Gasteiger partial charge in [0.05, 0.1) is 13.2 Å². The molecule has 0 radical (unpaired) electrons. The number of rotatable bonds is 10. The van der Waals surface area contributed by atoms with Crippen LogP contribution >= 0.6 is 0 Å². The predicted molar refractivity (Wildman–Crippen MR) is 110 cm³/mol. The normalized spacial score (nSPS) is 8.53. The van der Waals surface area contributed by atoms with Gasteiger partial charge in [0.15, 0.2) is 0 Å². The lowest BCUT2D eigenvalue weighted by molar-refractivity contribution is -0.138. The van der Waals surface area contributed by atoms with Crippen LogP contribution in [-0.4, -0.2) is 78.9 Å². The van der Waals surface area contributed by atoms with Gasteiger partial charge in [0.25, 0.3) is 11.9 Å². The molecular weight excluding hydrogens is 404 g/mol. The van der Waals surface area contributed by atoms with E-state index in [2.05, 4.69) is 13.8 Å². The van der Waals surface area contributed by atoms with Crippen molar-refractivity contribution >= 4 is 23.9 Å². The van der Waals surface area contributed by atoms with E-state index in [9.17, 15) is 9.59 Å². The fourth-order valence-corrected chi connectivity index (χ4v) is 1.11. The molecule has 11 nitrogen and oxygen atoms in total. The Morgan fingerprint density at radius 3 is 0.967 bits per heavy atom. The van der Waals surface area contributed by atoms with Crippen LogP contribution in [0, 0.1) is 0 Å². The maximum absolute atomic E-state index is 9.87. The molecule has 182 valence electrons. The third kappa shape index (κ3) is 114. The summed E-state index contributed by atoms with van der Waals surface area (Å²) in [5.74, 6) is -3.03. The smallest absolute Gasteiger partial charge is 0.303 e. The first kappa shape index (κ1) is 38.4. The molecule has 0 atom stereocenters. The second-order valence-electron chi connectivity index (χ2n) is 5.76. The Balaban J connectivity index is -0.0000000896. The largest absolute Gasteiger partial charge is 0.481 e. The summed E-state index contributed by atoms with van der Waals surface area (Å²) in [5.41, 5.74) is 0. The van der Waals surface area contributed by atoms with Gasteiger partial charge in [-0.15, -0.1) is 0 Å². The van der Waals surface area contributed by atoms with Crippen LogP contribution in [0.15, 0.2) is 0 Å². The van der Waals surface area contributed by atoms with Crippen LogP contribution in [0.3, 0.4) is 0 Å². The number of aliphatic hydroxyl groups excluding tert-OH is 3. The fraction of sp³-hybridized carbons (Fsp3) is 0.789. The van der Waals surface area contributed by atoms with Crippen molar-refractivity contribution in [2.45, 2.75) is 85.2 Å². The molecule has 0 unspecified atom stereocenters. The Morgan fingerprint density at radius 1 is 0.633 bits per heavy atom. The number of carboxylic acid groups (broad SMARTS) is 4. The van der Waals surface area contributed by atoms with E-state index in [0.29, 0.717) is 12.8 Å². The Hall–Kier alpha value is -2.24.